The first-order valence-electron chi connectivity index (χ1n) is 7.25. The van der Waals surface area contributed by atoms with Crippen molar-refractivity contribution in [1.29, 1.82) is 5.26 Å². The average molecular weight is 359 g/mol. The third-order valence-corrected chi connectivity index (χ3v) is 5.73. The zero-order valence-corrected chi connectivity index (χ0v) is 14.7. The van der Waals surface area contributed by atoms with Crippen LogP contribution in [0.3, 0.4) is 0 Å². The molecule has 0 aromatic heterocycles. The van der Waals surface area contributed by atoms with E-state index in [9.17, 15) is 8.42 Å². The molecule has 1 heterocycles. The predicted octanol–water partition coefficient (Wildman–Crippen LogP) is 2.21. The van der Waals surface area contributed by atoms with Gasteiger partial charge < -0.3 is 9.47 Å². The second-order valence-corrected chi connectivity index (χ2v) is 7.68. The summed E-state index contributed by atoms with van der Waals surface area (Å²) in [5.74, 6) is 0.554. The molecule has 0 fully saturated rings. The van der Waals surface area contributed by atoms with Crippen molar-refractivity contribution < 1.29 is 17.9 Å². The van der Waals surface area contributed by atoms with Crippen molar-refractivity contribution in [3.05, 3.63) is 22.7 Å². The lowest BCUT2D eigenvalue weighted by Crippen LogP contribution is -2.34. The summed E-state index contributed by atoms with van der Waals surface area (Å²) in [7, 11) is -2.24. The Hall–Kier alpha value is -1.33. The van der Waals surface area contributed by atoms with Gasteiger partial charge in [-0.25, -0.2) is 8.42 Å². The Labute approximate surface area is 141 Å². The SMILES string of the molecule is COCCN(CCC#N)S(=O)(=O)c1cc(Cl)c2c(c1)C[C@@H](C)O2. The highest BCUT2D eigenvalue weighted by Crippen LogP contribution is 2.38. The first-order chi connectivity index (χ1) is 10.9. The predicted molar refractivity (Wildman–Crippen MR) is 86.1 cm³/mol. The van der Waals surface area contributed by atoms with Gasteiger partial charge in [0.25, 0.3) is 0 Å². The molecule has 1 aromatic carbocycles. The minimum atomic E-state index is -3.74. The summed E-state index contributed by atoms with van der Waals surface area (Å²) in [6.45, 7) is 2.46. The smallest absolute Gasteiger partial charge is 0.243 e. The summed E-state index contributed by atoms with van der Waals surface area (Å²) in [6, 6.07) is 4.97. The lowest BCUT2D eigenvalue weighted by atomic mass is 10.1. The maximum Gasteiger partial charge on any atom is 0.243 e. The van der Waals surface area contributed by atoms with Gasteiger partial charge in [0.15, 0.2) is 0 Å². The fraction of sp³-hybridized carbons (Fsp3) is 0.533. The summed E-state index contributed by atoms with van der Waals surface area (Å²) >= 11 is 6.17. The Kier molecular flexibility index (Phi) is 5.87. The molecule has 126 valence electrons. The number of halogens is 1. The van der Waals surface area contributed by atoms with Gasteiger partial charge in [-0.2, -0.15) is 9.57 Å². The van der Waals surface area contributed by atoms with Crippen LogP contribution >= 0.6 is 11.6 Å². The molecule has 6 nitrogen and oxygen atoms in total. The topological polar surface area (TPSA) is 79.6 Å². The average Bonchev–Trinajstić information content (AvgIpc) is 2.88. The van der Waals surface area contributed by atoms with Gasteiger partial charge in [-0.3, -0.25) is 0 Å². The molecular weight excluding hydrogens is 340 g/mol. The Morgan fingerprint density at radius 3 is 2.87 bits per heavy atom. The van der Waals surface area contributed by atoms with Crippen LogP contribution < -0.4 is 4.74 Å². The van der Waals surface area contributed by atoms with Crippen LogP contribution in [0.25, 0.3) is 0 Å². The fourth-order valence-electron chi connectivity index (χ4n) is 2.48. The number of nitrogens with zero attached hydrogens (tertiary/aromatic N) is 2. The lowest BCUT2D eigenvalue weighted by molar-refractivity contribution is 0.179. The van der Waals surface area contributed by atoms with Crippen LogP contribution in [0, 0.1) is 11.3 Å². The van der Waals surface area contributed by atoms with Crippen molar-refractivity contribution in [3.63, 3.8) is 0 Å². The second-order valence-electron chi connectivity index (χ2n) is 5.33. The lowest BCUT2D eigenvalue weighted by Gasteiger charge is -2.21. The standard InChI is InChI=1S/C15H19ClN2O4S/c1-11-8-12-9-13(10-14(16)15(12)22-11)23(19,20)18(5-3-4-17)6-7-21-2/h9-11H,3,5-8H2,1-2H3/t11-/m1/s1. The highest BCUT2D eigenvalue weighted by atomic mass is 35.5. The molecule has 0 radical (unpaired) electrons. The van der Waals surface area contributed by atoms with Gasteiger partial charge in [-0.1, -0.05) is 11.6 Å². The van der Waals surface area contributed by atoms with Crippen LogP contribution in [0.4, 0.5) is 0 Å². The van der Waals surface area contributed by atoms with Crippen LogP contribution in [0.15, 0.2) is 17.0 Å². The van der Waals surface area contributed by atoms with Gasteiger partial charge >= 0.3 is 0 Å². The van der Waals surface area contributed by atoms with Crippen LogP contribution in [0.1, 0.15) is 18.9 Å². The first-order valence-corrected chi connectivity index (χ1v) is 9.07. The van der Waals surface area contributed by atoms with Crippen LogP contribution in [-0.4, -0.2) is 45.6 Å². The Morgan fingerprint density at radius 2 is 2.22 bits per heavy atom. The normalized spacial score (nSPS) is 16.9. The molecule has 0 N–H and O–H groups in total. The van der Waals surface area contributed by atoms with Gasteiger partial charge in [0.2, 0.25) is 10.0 Å². The zero-order valence-electron chi connectivity index (χ0n) is 13.1. The van der Waals surface area contributed by atoms with E-state index in [1.165, 1.54) is 17.5 Å². The Bertz CT molecular complexity index is 715. The van der Waals surface area contributed by atoms with Crippen molar-refractivity contribution in [3.8, 4) is 11.8 Å². The van der Waals surface area contributed by atoms with Crippen molar-refractivity contribution >= 4 is 21.6 Å². The van der Waals surface area contributed by atoms with E-state index < -0.39 is 10.0 Å². The largest absolute Gasteiger partial charge is 0.489 e. The molecule has 23 heavy (non-hydrogen) atoms. The summed E-state index contributed by atoms with van der Waals surface area (Å²) in [5.41, 5.74) is 0.788. The van der Waals surface area contributed by atoms with Gasteiger partial charge in [0.1, 0.15) is 11.9 Å². The molecule has 1 aliphatic heterocycles. The minimum absolute atomic E-state index is 0.0244. The quantitative estimate of drug-likeness (QED) is 0.746. The number of benzene rings is 1. The number of ether oxygens (including phenoxy) is 2. The molecule has 1 aliphatic rings. The molecule has 1 atom stereocenters. The van der Waals surface area contributed by atoms with E-state index in [2.05, 4.69) is 0 Å². The number of hydrogen-bond acceptors (Lipinski definition) is 5. The van der Waals surface area contributed by atoms with E-state index >= 15 is 0 Å². The number of rotatable bonds is 7. The number of fused-ring (bicyclic) bond motifs is 1. The molecule has 1 aromatic rings. The van der Waals surface area contributed by atoms with Crippen molar-refractivity contribution in [2.45, 2.75) is 30.8 Å². The monoisotopic (exact) mass is 358 g/mol. The van der Waals surface area contributed by atoms with Gasteiger partial charge in [-0.15, -0.1) is 0 Å². The molecular formula is C15H19ClN2O4S. The Morgan fingerprint density at radius 1 is 1.48 bits per heavy atom. The molecule has 0 bridgehead atoms. The summed E-state index contributed by atoms with van der Waals surface area (Å²) < 4.78 is 37.5. The van der Waals surface area contributed by atoms with E-state index in [0.717, 1.165) is 5.56 Å². The van der Waals surface area contributed by atoms with Gasteiger partial charge in [-0.05, 0) is 19.1 Å². The molecule has 0 aliphatic carbocycles. The van der Waals surface area contributed by atoms with Gasteiger partial charge in [0, 0.05) is 38.6 Å². The van der Waals surface area contributed by atoms with E-state index in [-0.39, 0.29) is 42.1 Å². The number of methoxy groups -OCH3 is 1. The van der Waals surface area contributed by atoms with Crippen LogP contribution in [0.2, 0.25) is 5.02 Å². The molecule has 0 amide bonds. The highest BCUT2D eigenvalue weighted by Gasteiger charge is 2.29. The third-order valence-electron chi connectivity index (χ3n) is 3.58. The second kappa shape index (κ2) is 7.49. The maximum atomic E-state index is 12.8. The molecule has 8 heteroatoms. The van der Waals surface area contributed by atoms with E-state index in [1.54, 1.807) is 6.07 Å². The molecule has 0 spiro atoms. The van der Waals surface area contributed by atoms with Crippen molar-refractivity contribution in [2.75, 3.05) is 26.8 Å². The molecule has 0 unspecified atom stereocenters. The third kappa shape index (κ3) is 3.96. The molecule has 0 saturated carbocycles. The fourth-order valence-corrected chi connectivity index (χ4v) is 4.33. The van der Waals surface area contributed by atoms with Gasteiger partial charge in [0.05, 0.1) is 22.6 Å². The maximum absolute atomic E-state index is 12.8. The molecule has 2 rings (SSSR count). The van der Waals surface area contributed by atoms with Crippen molar-refractivity contribution in [2.24, 2.45) is 0 Å². The van der Waals surface area contributed by atoms with Crippen molar-refractivity contribution in [1.82, 2.24) is 4.31 Å². The Balaban J connectivity index is 2.36. The zero-order chi connectivity index (χ0) is 17.0. The number of sulfonamides is 1. The summed E-state index contributed by atoms with van der Waals surface area (Å²) in [5, 5.41) is 9.03. The van der Waals surface area contributed by atoms with Crippen LogP contribution in [0.5, 0.6) is 5.75 Å². The summed E-state index contributed by atoms with van der Waals surface area (Å²) in [4.78, 5) is 0.119. The number of nitriles is 1. The van der Waals surface area contributed by atoms with Crippen LogP contribution in [-0.2, 0) is 21.2 Å². The summed E-state index contributed by atoms with van der Waals surface area (Å²) in [6.07, 6.45) is 0.708. The molecule has 0 saturated heterocycles. The minimum Gasteiger partial charge on any atom is -0.489 e. The number of hydrogen-bond donors (Lipinski definition) is 0. The van der Waals surface area contributed by atoms with E-state index in [1.807, 2.05) is 13.0 Å². The highest BCUT2D eigenvalue weighted by molar-refractivity contribution is 7.89. The first kappa shape index (κ1) is 18.0. The van der Waals surface area contributed by atoms with E-state index in [0.29, 0.717) is 12.2 Å². The van der Waals surface area contributed by atoms with E-state index in [4.69, 9.17) is 26.3 Å².